The summed E-state index contributed by atoms with van der Waals surface area (Å²) in [4.78, 5) is 15.0. The van der Waals surface area contributed by atoms with E-state index < -0.39 is 10.0 Å². The summed E-state index contributed by atoms with van der Waals surface area (Å²) in [6.45, 7) is 4.64. The maximum atomic E-state index is 12.9. The van der Waals surface area contributed by atoms with Crippen molar-refractivity contribution in [2.75, 3.05) is 33.2 Å². The molecule has 0 bridgehead atoms. The Bertz CT molecular complexity index is 1070. The Morgan fingerprint density at radius 1 is 0.970 bits per heavy atom. The van der Waals surface area contributed by atoms with E-state index in [9.17, 15) is 13.2 Å². The minimum atomic E-state index is -3.35. The standard InChI is InChI=1S/C26H35N3O3S/c1-3-25(24-13-12-21-6-4-5-7-23(21)18-24)27-26(30)22-10-8-20(9-11-22)19-33(31,32)29-16-14-28(2)15-17-29/h8-13,18,25H,3-7,14-17,19H2,1-2H3,(H,27,30)/t25-/m0/s1. The molecule has 0 saturated carbocycles. The SMILES string of the molecule is CC[C@H](NC(=O)c1ccc(CS(=O)(=O)N2CCN(C)CC2)cc1)c1ccc2c(c1)CCCC2. The number of carbonyl (C=O) groups is 1. The van der Waals surface area contributed by atoms with Crippen LogP contribution in [0.1, 0.15) is 64.8 Å². The first-order valence-electron chi connectivity index (χ1n) is 12.0. The highest BCUT2D eigenvalue weighted by Crippen LogP contribution is 2.26. The van der Waals surface area contributed by atoms with Crippen molar-refractivity contribution in [2.45, 2.75) is 50.8 Å². The molecule has 0 unspecified atom stereocenters. The van der Waals surface area contributed by atoms with Gasteiger partial charge in [0.2, 0.25) is 10.0 Å². The second kappa shape index (κ2) is 10.4. The van der Waals surface area contributed by atoms with Gasteiger partial charge in [0.05, 0.1) is 11.8 Å². The van der Waals surface area contributed by atoms with E-state index in [-0.39, 0.29) is 17.7 Å². The summed E-state index contributed by atoms with van der Waals surface area (Å²) in [6.07, 6.45) is 5.57. The number of aryl methyl sites for hydroxylation is 2. The second-order valence-corrected chi connectivity index (χ2v) is 11.3. The van der Waals surface area contributed by atoms with E-state index in [1.807, 2.05) is 7.05 Å². The number of hydrogen-bond acceptors (Lipinski definition) is 4. The number of nitrogens with zero attached hydrogens (tertiary/aromatic N) is 2. The largest absolute Gasteiger partial charge is 0.345 e. The first kappa shape index (κ1) is 23.9. The molecule has 6 nitrogen and oxygen atoms in total. The Balaban J connectivity index is 1.39. The fourth-order valence-electron chi connectivity index (χ4n) is 4.75. The van der Waals surface area contributed by atoms with Crippen LogP contribution in [0.4, 0.5) is 0 Å². The highest BCUT2D eigenvalue weighted by atomic mass is 32.2. The Morgan fingerprint density at radius 2 is 1.64 bits per heavy atom. The molecule has 2 aliphatic rings. The van der Waals surface area contributed by atoms with Gasteiger partial charge in [0, 0.05) is 31.7 Å². The van der Waals surface area contributed by atoms with Crippen molar-refractivity contribution in [2.24, 2.45) is 0 Å². The number of hydrogen-bond donors (Lipinski definition) is 1. The van der Waals surface area contributed by atoms with Crippen LogP contribution in [-0.4, -0.2) is 56.8 Å². The molecule has 2 aromatic rings. The number of amides is 1. The molecule has 1 saturated heterocycles. The molecule has 1 atom stereocenters. The van der Waals surface area contributed by atoms with Crippen LogP contribution in [0.2, 0.25) is 0 Å². The summed E-state index contributed by atoms with van der Waals surface area (Å²) < 4.78 is 27.1. The van der Waals surface area contributed by atoms with Gasteiger partial charge in [0.15, 0.2) is 0 Å². The summed E-state index contributed by atoms with van der Waals surface area (Å²) in [7, 11) is -1.35. The molecule has 1 aliphatic heterocycles. The quantitative estimate of drug-likeness (QED) is 0.674. The lowest BCUT2D eigenvalue weighted by atomic mass is 9.88. The number of likely N-dealkylation sites (N-methyl/N-ethyl adjacent to an activating group) is 1. The predicted octanol–water partition coefficient (Wildman–Crippen LogP) is 3.52. The van der Waals surface area contributed by atoms with E-state index in [0.29, 0.717) is 24.2 Å². The molecule has 2 aromatic carbocycles. The number of benzene rings is 2. The normalized spacial score (nSPS) is 18.5. The van der Waals surface area contributed by atoms with Gasteiger partial charge in [-0.05, 0) is 73.5 Å². The highest BCUT2D eigenvalue weighted by Gasteiger charge is 2.26. The maximum absolute atomic E-state index is 12.9. The van der Waals surface area contributed by atoms with Crippen molar-refractivity contribution in [3.8, 4) is 0 Å². The highest BCUT2D eigenvalue weighted by molar-refractivity contribution is 7.88. The topological polar surface area (TPSA) is 69.7 Å². The molecule has 1 heterocycles. The molecule has 1 fully saturated rings. The third-order valence-corrected chi connectivity index (χ3v) is 8.76. The first-order chi connectivity index (χ1) is 15.9. The van der Waals surface area contributed by atoms with E-state index in [1.165, 1.54) is 24.0 Å². The number of carbonyl (C=O) groups excluding carboxylic acids is 1. The van der Waals surface area contributed by atoms with Gasteiger partial charge in [-0.25, -0.2) is 8.42 Å². The third-order valence-electron chi connectivity index (χ3n) is 6.91. The molecule has 0 aromatic heterocycles. The zero-order chi connectivity index (χ0) is 23.4. The van der Waals surface area contributed by atoms with Crippen molar-refractivity contribution in [1.82, 2.24) is 14.5 Å². The van der Waals surface area contributed by atoms with Gasteiger partial charge in [-0.3, -0.25) is 4.79 Å². The van der Waals surface area contributed by atoms with Crippen LogP contribution in [0.3, 0.4) is 0 Å². The number of fused-ring (bicyclic) bond motifs is 1. The van der Waals surface area contributed by atoms with Crippen molar-refractivity contribution >= 4 is 15.9 Å². The average molecular weight is 470 g/mol. The summed E-state index contributed by atoms with van der Waals surface area (Å²) in [5.74, 6) is -0.168. The smallest absolute Gasteiger partial charge is 0.251 e. The Morgan fingerprint density at radius 3 is 2.30 bits per heavy atom. The van der Waals surface area contributed by atoms with E-state index in [2.05, 4.69) is 35.3 Å². The van der Waals surface area contributed by atoms with Gasteiger partial charge in [0.25, 0.3) is 5.91 Å². The maximum Gasteiger partial charge on any atom is 0.251 e. The van der Waals surface area contributed by atoms with E-state index >= 15 is 0 Å². The minimum absolute atomic E-state index is 0.0364. The van der Waals surface area contributed by atoms with E-state index in [0.717, 1.165) is 37.9 Å². The van der Waals surface area contributed by atoms with Crippen molar-refractivity contribution in [3.05, 3.63) is 70.3 Å². The fraction of sp³-hybridized carbons (Fsp3) is 0.500. The minimum Gasteiger partial charge on any atom is -0.345 e. The van der Waals surface area contributed by atoms with Crippen LogP contribution < -0.4 is 5.32 Å². The predicted molar refractivity (Wildman–Crippen MR) is 132 cm³/mol. The lowest BCUT2D eigenvalue weighted by molar-refractivity contribution is 0.0935. The van der Waals surface area contributed by atoms with Crippen molar-refractivity contribution in [1.29, 1.82) is 0 Å². The van der Waals surface area contributed by atoms with E-state index in [4.69, 9.17) is 0 Å². The molecule has 0 radical (unpaired) electrons. The average Bonchev–Trinajstić information content (AvgIpc) is 2.82. The zero-order valence-corrected chi connectivity index (χ0v) is 20.5. The molecule has 1 amide bonds. The van der Waals surface area contributed by atoms with Gasteiger partial charge in [-0.1, -0.05) is 37.3 Å². The monoisotopic (exact) mass is 469 g/mol. The Labute approximate surface area is 198 Å². The summed E-state index contributed by atoms with van der Waals surface area (Å²) >= 11 is 0. The number of nitrogens with one attached hydrogen (secondary N) is 1. The summed E-state index contributed by atoms with van der Waals surface area (Å²) in [5, 5.41) is 3.16. The number of rotatable bonds is 7. The summed E-state index contributed by atoms with van der Waals surface area (Å²) in [6, 6.07) is 13.5. The lowest BCUT2D eigenvalue weighted by Crippen LogP contribution is -2.47. The molecule has 7 heteroatoms. The van der Waals surface area contributed by atoms with Crippen LogP contribution in [0.15, 0.2) is 42.5 Å². The molecular weight excluding hydrogens is 434 g/mol. The molecule has 4 rings (SSSR count). The van der Waals surface area contributed by atoms with Gasteiger partial charge < -0.3 is 10.2 Å². The van der Waals surface area contributed by atoms with Crippen LogP contribution in [0, 0.1) is 0 Å². The van der Waals surface area contributed by atoms with Crippen LogP contribution in [0.25, 0.3) is 0 Å². The Kier molecular flexibility index (Phi) is 7.51. The second-order valence-electron chi connectivity index (χ2n) is 9.33. The molecule has 178 valence electrons. The molecule has 1 N–H and O–H groups in total. The molecule has 1 aliphatic carbocycles. The van der Waals surface area contributed by atoms with Crippen molar-refractivity contribution < 1.29 is 13.2 Å². The van der Waals surface area contributed by atoms with Gasteiger partial charge in [-0.15, -0.1) is 0 Å². The van der Waals surface area contributed by atoms with Gasteiger partial charge >= 0.3 is 0 Å². The third kappa shape index (κ3) is 5.83. The molecular formula is C26H35N3O3S. The van der Waals surface area contributed by atoms with Crippen LogP contribution in [-0.2, 0) is 28.6 Å². The summed E-state index contributed by atoms with van der Waals surface area (Å²) in [5.41, 5.74) is 5.26. The first-order valence-corrected chi connectivity index (χ1v) is 13.6. The zero-order valence-electron chi connectivity index (χ0n) is 19.7. The number of piperazine rings is 1. The molecule has 33 heavy (non-hydrogen) atoms. The molecule has 0 spiro atoms. The Hall–Kier alpha value is -2.22. The number of sulfonamides is 1. The van der Waals surface area contributed by atoms with E-state index in [1.54, 1.807) is 28.6 Å². The van der Waals surface area contributed by atoms with Gasteiger partial charge in [0.1, 0.15) is 0 Å². The fourth-order valence-corrected chi connectivity index (χ4v) is 6.27. The van der Waals surface area contributed by atoms with Crippen LogP contribution in [0.5, 0.6) is 0 Å². The van der Waals surface area contributed by atoms with Gasteiger partial charge in [-0.2, -0.15) is 4.31 Å². The van der Waals surface area contributed by atoms with Crippen LogP contribution >= 0.6 is 0 Å². The lowest BCUT2D eigenvalue weighted by Gasteiger charge is -2.31. The van der Waals surface area contributed by atoms with Crippen molar-refractivity contribution in [3.63, 3.8) is 0 Å².